The number of nitrogen functional groups attached to an aromatic ring is 1. The zero-order valence-electron chi connectivity index (χ0n) is 15.0. The van der Waals surface area contributed by atoms with Crippen molar-refractivity contribution in [3.05, 3.63) is 56.6 Å². The molecule has 14 nitrogen and oxygen atoms in total. The van der Waals surface area contributed by atoms with Crippen molar-refractivity contribution in [3.8, 4) is 11.5 Å². The first-order valence-electron chi connectivity index (χ1n) is 8.00. The standard InChI is InChI=1S/C16H11N5O9S/c17-8-2-1-7-3-13(31(28,29)30)14(15(22)10(7)4-8)19-18-11-5-9(20(24)25)6-12(16(11)23)21(26)27/h1-6H,(H5-,17,18,19,22,23,28,29,30). The van der Waals surface area contributed by atoms with Gasteiger partial charge in [0, 0.05) is 29.0 Å². The molecular formula is C16H11N5O9S. The number of hydrogen-bond donors (Lipinski definition) is 4. The predicted molar refractivity (Wildman–Crippen MR) is 105 cm³/mol. The van der Waals surface area contributed by atoms with E-state index in [1.54, 1.807) is 0 Å². The molecule has 0 saturated heterocycles. The van der Waals surface area contributed by atoms with Crippen LogP contribution in [-0.4, -0.2) is 24.1 Å². The van der Waals surface area contributed by atoms with E-state index in [4.69, 9.17) is 5.73 Å². The summed E-state index contributed by atoms with van der Waals surface area (Å²) in [5, 5.41) is 51.8. The van der Waals surface area contributed by atoms with Crippen LogP contribution in [0.25, 0.3) is 10.8 Å². The molecule has 160 valence electrons. The van der Waals surface area contributed by atoms with Gasteiger partial charge in [-0.25, -0.2) is 0 Å². The number of anilines is 1. The number of nitro benzene ring substituents is 2. The fourth-order valence-corrected chi connectivity index (χ4v) is 3.33. The lowest BCUT2D eigenvalue weighted by atomic mass is 10.1. The second-order valence-electron chi connectivity index (χ2n) is 6.08. The summed E-state index contributed by atoms with van der Waals surface area (Å²) in [6.07, 6.45) is 0. The minimum absolute atomic E-state index is 0.0497. The highest BCUT2D eigenvalue weighted by molar-refractivity contribution is 7.92. The number of nitro groups is 2. The number of phenols is 1. The normalized spacial score (nSPS) is 11.8. The number of aromatic hydroxyl groups is 1. The first-order valence-corrected chi connectivity index (χ1v) is 9.47. The number of nitrogens with two attached hydrogens (primary N) is 1. The fourth-order valence-electron chi connectivity index (χ4n) is 2.66. The highest BCUT2D eigenvalue weighted by Gasteiger charge is 2.33. The van der Waals surface area contributed by atoms with Crippen molar-refractivity contribution in [1.82, 2.24) is 0 Å². The lowest BCUT2D eigenvalue weighted by Gasteiger charge is -2.10. The smallest absolute Gasteiger partial charge is 0.388 e. The molecule has 0 aliphatic heterocycles. The predicted octanol–water partition coefficient (Wildman–Crippen LogP) is 3.24. The monoisotopic (exact) mass is 449 g/mol. The zero-order valence-corrected chi connectivity index (χ0v) is 15.8. The van der Waals surface area contributed by atoms with Crippen LogP contribution >= 0.6 is 0 Å². The van der Waals surface area contributed by atoms with Crippen molar-refractivity contribution in [3.63, 3.8) is 0 Å². The number of phenolic OH excluding ortho intramolecular Hbond substituents is 1. The molecule has 0 saturated carbocycles. The summed E-state index contributed by atoms with van der Waals surface area (Å²) in [5.41, 5.74) is 2.29. The second-order valence-corrected chi connectivity index (χ2v) is 7.51. The zero-order chi connectivity index (χ0) is 23.1. The molecule has 31 heavy (non-hydrogen) atoms. The van der Waals surface area contributed by atoms with Crippen LogP contribution in [0.3, 0.4) is 0 Å². The van der Waals surface area contributed by atoms with E-state index >= 15 is 0 Å². The number of azo groups is 1. The van der Waals surface area contributed by atoms with Gasteiger partial charge in [-0.2, -0.15) is 14.2 Å². The highest BCUT2D eigenvalue weighted by atomic mass is 32.3. The van der Waals surface area contributed by atoms with Crippen LogP contribution in [0.5, 0.6) is 11.5 Å². The topological polar surface area (TPSA) is 238 Å². The van der Waals surface area contributed by atoms with Crippen LogP contribution in [0, 0.1) is 20.2 Å². The highest BCUT2D eigenvalue weighted by Crippen LogP contribution is 2.44. The molecule has 0 spiro atoms. The summed E-state index contributed by atoms with van der Waals surface area (Å²) >= 11 is 0. The minimum Gasteiger partial charge on any atom is -0.866 e. The summed E-state index contributed by atoms with van der Waals surface area (Å²) in [7, 11) is -4.70. The molecule has 0 atom stereocenters. The van der Waals surface area contributed by atoms with E-state index in [2.05, 4.69) is 10.2 Å². The molecule has 5 N–H and O–H groups in total. The van der Waals surface area contributed by atoms with Gasteiger partial charge in [-0.15, -0.1) is 5.11 Å². The third-order valence-electron chi connectivity index (χ3n) is 4.06. The summed E-state index contributed by atoms with van der Waals surface area (Å²) in [6.45, 7) is 0. The van der Waals surface area contributed by atoms with Gasteiger partial charge in [0.05, 0.1) is 21.6 Å². The Balaban J connectivity index is 2.28. The van der Waals surface area contributed by atoms with Crippen LogP contribution in [0.4, 0.5) is 28.4 Å². The lowest BCUT2D eigenvalue weighted by molar-refractivity contribution is -0.403. The summed E-state index contributed by atoms with van der Waals surface area (Å²) in [5.74, 6) is -2.06. The van der Waals surface area contributed by atoms with Crippen molar-refractivity contribution in [2.75, 3.05) is 5.73 Å². The van der Waals surface area contributed by atoms with Crippen LogP contribution in [-0.2, 0) is 14.7 Å². The average Bonchev–Trinajstić information content (AvgIpc) is 2.67. The van der Waals surface area contributed by atoms with Crippen LogP contribution in [0.2, 0.25) is 0 Å². The van der Waals surface area contributed by atoms with E-state index in [0.717, 1.165) is 6.07 Å². The quantitative estimate of drug-likeness (QED) is 0.146. The number of fused-ring (bicyclic) bond motifs is 1. The molecule has 0 aromatic heterocycles. The molecule has 0 unspecified atom stereocenters. The van der Waals surface area contributed by atoms with E-state index in [1.165, 1.54) is 18.2 Å². The summed E-state index contributed by atoms with van der Waals surface area (Å²) in [6, 6.07) is 6.16. The van der Waals surface area contributed by atoms with Crippen molar-refractivity contribution < 1.29 is 33.4 Å². The van der Waals surface area contributed by atoms with E-state index in [1.807, 2.05) is 0 Å². The largest absolute Gasteiger partial charge is 0.866 e. The van der Waals surface area contributed by atoms with Crippen LogP contribution < -0.4 is 10.8 Å². The molecule has 0 amide bonds. The van der Waals surface area contributed by atoms with Crippen LogP contribution in [0.1, 0.15) is 0 Å². The second kappa shape index (κ2) is 7.56. The Kier molecular flexibility index (Phi) is 5.24. The minimum atomic E-state index is -4.70. The number of hydrogen-bond acceptors (Lipinski definition) is 10. The van der Waals surface area contributed by atoms with Gasteiger partial charge in [-0.1, -0.05) is 6.07 Å². The van der Waals surface area contributed by atoms with Crippen molar-refractivity contribution >= 4 is 49.7 Å². The van der Waals surface area contributed by atoms with E-state index in [9.17, 15) is 43.8 Å². The van der Waals surface area contributed by atoms with Gasteiger partial charge in [-0.05, 0) is 21.7 Å². The van der Waals surface area contributed by atoms with E-state index in [-0.39, 0.29) is 16.5 Å². The number of non-ortho nitro benzene ring substituents is 1. The van der Waals surface area contributed by atoms with Crippen molar-refractivity contribution in [2.24, 2.45) is 10.2 Å². The Hall–Kier alpha value is -4.21. The Bertz CT molecular complexity index is 1340. The van der Waals surface area contributed by atoms with Gasteiger partial charge in [0.1, 0.15) is 0 Å². The first-order chi connectivity index (χ1) is 14.4. The number of nitrogens with zero attached hydrogens (tertiary/aromatic N) is 4. The maximum atomic E-state index is 12.2. The fraction of sp³-hybridized carbons (Fsp3) is 0. The molecule has 0 fully saturated rings. The number of benzene rings is 3. The third kappa shape index (κ3) is 4.08. The Morgan fingerprint density at radius 3 is 2.26 bits per heavy atom. The lowest BCUT2D eigenvalue weighted by Crippen LogP contribution is -2.07. The summed E-state index contributed by atoms with van der Waals surface area (Å²) < 4.78 is 31.1. The SMILES string of the molecule is Nc1ccc2cc([S+](=O)(O)O)c(N=Nc3cc([N+](=O)[O-])cc([N+](=O)[O-])c3[O-])c(O)c2c1. The molecule has 3 aromatic carbocycles. The van der Waals surface area contributed by atoms with E-state index in [0.29, 0.717) is 12.1 Å². The maximum absolute atomic E-state index is 12.2. The maximum Gasteiger partial charge on any atom is 0.388 e. The molecular weight excluding hydrogens is 438 g/mol. The Morgan fingerprint density at radius 1 is 1.00 bits per heavy atom. The molecule has 0 aliphatic rings. The molecule has 3 aromatic rings. The van der Waals surface area contributed by atoms with Gasteiger partial charge in [-0.3, -0.25) is 20.2 Å². The molecule has 0 bridgehead atoms. The van der Waals surface area contributed by atoms with Crippen molar-refractivity contribution in [2.45, 2.75) is 4.90 Å². The van der Waals surface area contributed by atoms with Gasteiger partial charge in [0.15, 0.2) is 11.4 Å². The molecule has 3 rings (SSSR count). The van der Waals surface area contributed by atoms with Gasteiger partial charge in [0.2, 0.25) is 0 Å². The third-order valence-corrected chi connectivity index (χ3v) is 4.95. The molecule has 15 heteroatoms. The van der Waals surface area contributed by atoms with Crippen LogP contribution in [0.15, 0.2) is 51.5 Å². The van der Waals surface area contributed by atoms with E-state index < -0.39 is 59.5 Å². The molecule has 0 radical (unpaired) electrons. The first kappa shape index (κ1) is 21.5. The Labute approximate surface area is 172 Å². The Morgan fingerprint density at radius 2 is 1.68 bits per heavy atom. The number of rotatable bonds is 5. The van der Waals surface area contributed by atoms with Gasteiger partial charge in [0.25, 0.3) is 16.3 Å². The molecule has 0 heterocycles. The van der Waals surface area contributed by atoms with Gasteiger partial charge < -0.3 is 15.9 Å². The van der Waals surface area contributed by atoms with Gasteiger partial charge >= 0.3 is 10.5 Å². The average molecular weight is 449 g/mol. The molecule has 0 aliphatic carbocycles. The summed E-state index contributed by atoms with van der Waals surface area (Å²) in [4.78, 5) is 19.1. The van der Waals surface area contributed by atoms with Crippen molar-refractivity contribution in [1.29, 1.82) is 0 Å².